The van der Waals surface area contributed by atoms with E-state index < -0.39 is 10.0 Å². The lowest BCUT2D eigenvalue weighted by Crippen LogP contribution is -2.49. The Kier molecular flexibility index (Phi) is 5.42. The van der Waals surface area contributed by atoms with E-state index in [0.29, 0.717) is 28.4 Å². The van der Waals surface area contributed by atoms with Crippen LogP contribution in [0.25, 0.3) is 0 Å². The van der Waals surface area contributed by atoms with Crippen molar-refractivity contribution in [2.75, 3.05) is 20.8 Å². The predicted octanol–water partition coefficient (Wildman–Crippen LogP) is 3.81. The van der Waals surface area contributed by atoms with Crippen LogP contribution in [0.2, 0.25) is 0 Å². The molecule has 2 fully saturated rings. The SMILES string of the molecule is COc1cc(Br)c(S(=O)(=O)N2CCC[C@H]3CCCC[C@@H]32)cc1OC. The van der Waals surface area contributed by atoms with Crippen molar-refractivity contribution < 1.29 is 17.9 Å². The number of methoxy groups -OCH3 is 2. The van der Waals surface area contributed by atoms with Crippen LogP contribution in [0.3, 0.4) is 0 Å². The number of nitrogens with zero attached hydrogens (tertiary/aromatic N) is 1. The van der Waals surface area contributed by atoms with Crippen molar-refractivity contribution in [2.45, 2.75) is 49.5 Å². The highest BCUT2D eigenvalue weighted by atomic mass is 79.9. The predicted molar refractivity (Wildman–Crippen MR) is 96.1 cm³/mol. The van der Waals surface area contributed by atoms with Gasteiger partial charge in [0.2, 0.25) is 10.0 Å². The molecule has 0 spiro atoms. The summed E-state index contributed by atoms with van der Waals surface area (Å²) in [6, 6.07) is 3.36. The summed E-state index contributed by atoms with van der Waals surface area (Å²) in [6.07, 6.45) is 6.52. The Labute approximate surface area is 152 Å². The van der Waals surface area contributed by atoms with Crippen molar-refractivity contribution in [3.63, 3.8) is 0 Å². The van der Waals surface area contributed by atoms with Gasteiger partial charge in [-0.15, -0.1) is 0 Å². The number of hydrogen-bond donors (Lipinski definition) is 0. The van der Waals surface area contributed by atoms with E-state index in [1.807, 2.05) is 0 Å². The van der Waals surface area contributed by atoms with Gasteiger partial charge in [-0.1, -0.05) is 12.8 Å². The van der Waals surface area contributed by atoms with Crippen LogP contribution < -0.4 is 9.47 Å². The van der Waals surface area contributed by atoms with Crippen LogP contribution in [0.15, 0.2) is 21.5 Å². The Morgan fingerprint density at radius 3 is 2.38 bits per heavy atom. The number of halogens is 1. The standard InChI is InChI=1S/C17H24BrNO4S/c1-22-15-10-13(18)17(11-16(15)23-2)24(20,21)19-9-5-7-12-6-3-4-8-14(12)19/h10-12,14H,3-9H2,1-2H3/t12-,14+/m1/s1. The normalized spacial score (nSPS) is 25.1. The third kappa shape index (κ3) is 3.18. The highest BCUT2D eigenvalue weighted by molar-refractivity contribution is 9.10. The lowest BCUT2D eigenvalue weighted by atomic mass is 9.79. The molecular formula is C17H24BrNO4S. The van der Waals surface area contributed by atoms with Gasteiger partial charge in [0.25, 0.3) is 0 Å². The smallest absolute Gasteiger partial charge is 0.244 e. The van der Waals surface area contributed by atoms with Gasteiger partial charge in [-0.05, 0) is 53.6 Å². The highest BCUT2D eigenvalue weighted by Gasteiger charge is 2.40. The first-order valence-electron chi connectivity index (χ1n) is 8.42. The second-order valence-electron chi connectivity index (χ2n) is 6.51. The first kappa shape index (κ1) is 18.0. The monoisotopic (exact) mass is 417 g/mol. The zero-order valence-corrected chi connectivity index (χ0v) is 16.5. The Hall–Kier alpha value is -0.790. The number of ether oxygens (including phenoxy) is 2. The van der Waals surface area contributed by atoms with Gasteiger partial charge in [0, 0.05) is 23.1 Å². The minimum atomic E-state index is -3.57. The fraction of sp³-hybridized carbons (Fsp3) is 0.647. The highest BCUT2D eigenvalue weighted by Crippen LogP contribution is 2.41. The van der Waals surface area contributed by atoms with Crippen LogP contribution in [0.4, 0.5) is 0 Å². The van der Waals surface area contributed by atoms with Gasteiger partial charge < -0.3 is 9.47 Å². The summed E-state index contributed by atoms with van der Waals surface area (Å²) in [6.45, 7) is 0.601. The molecule has 1 aliphatic heterocycles. The zero-order valence-electron chi connectivity index (χ0n) is 14.1. The molecule has 2 atom stereocenters. The van der Waals surface area contributed by atoms with Crippen LogP contribution in [0.1, 0.15) is 38.5 Å². The molecule has 24 heavy (non-hydrogen) atoms. The second-order valence-corrected chi connectivity index (χ2v) is 9.22. The molecule has 5 nitrogen and oxygen atoms in total. The number of hydrogen-bond acceptors (Lipinski definition) is 4. The van der Waals surface area contributed by atoms with Crippen molar-refractivity contribution in [3.05, 3.63) is 16.6 Å². The summed E-state index contributed by atoms with van der Waals surface area (Å²) in [4.78, 5) is 0.256. The Morgan fingerprint density at radius 1 is 1.04 bits per heavy atom. The van der Waals surface area contributed by atoms with E-state index >= 15 is 0 Å². The maximum atomic E-state index is 13.3. The average Bonchev–Trinajstić information content (AvgIpc) is 2.60. The zero-order chi connectivity index (χ0) is 17.3. The van der Waals surface area contributed by atoms with Gasteiger partial charge in [0.15, 0.2) is 11.5 Å². The average molecular weight is 418 g/mol. The van der Waals surface area contributed by atoms with E-state index in [2.05, 4.69) is 15.9 Å². The summed E-state index contributed by atoms with van der Waals surface area (Å²) in [7, 11) is -0.518. The molecule has 0 amide bonds. The van der Waals surface area contributed by atoms with Crippen LogP contribution in [-0.4, -0.2) is 39.5 Å². The molecule has 1 saturated carbocycles. The quantitative estimate of drug-likeness (QED) is 0.746. The molecule has 0 unspecified atom stereocenters. The molecule has 0 N–H and O–H groups in total. The molecular weight excluding hydrogens is 394 g/mol. The molecule has 1 saturated heterocycles. The van der Waals surface area contributed by atoms with E-state index in [9.17, 15) is 8.42 Å². The molecule has 1 aromatic carbocycles. The van der Waals surface area contributed by atoms with Gasteiger partial charge in [0.05, 0.1) is 14.2 Å². The van der Waals surface area contributed by atoms with Crippen molar-refractivity contribution in [2.24, 2.45) is 5.92 Å². The maximum absolute atomic E-state index is 13.3. The molecule has 134 valence electrons. The lowest BCUT2D eigenvalue weighted by molar-refractivity contribution is 0.129. The first-order valence-corrected chi connectivity index (χ1v) is 10.7. The van der Waals surface area contributed by atoms with Crippen molar-refractivity contribution in [1.82, 2.24) is 4.31 Å². The maximum Gasteiger partial charge on any atom is 0.244 e. The van der Waals surface area contributed by atoms with E-state index in [-0.39, 0.29) is 10.9 Å². The number of fused-ring (bicyclic) bond motifs is 1. The minimum Gasteiger partial charge on any atom is -0.493 e. The van der Waals surface area contributed by atoms with Gasteiger partial charge in [-0.25, -0.2) is 8.42 Å². The number of sulfonamides is 1. The lowest BCUT2D eigenvalue weighted by Gasteiger charge is -2.43. The van der Waals surface area contributed by atoms with Crippen LogP contribution >= 0.6 is 15.9 Å². The summed E-state index contributed by atoms with van der Waals surface area (Å²) >= 11 is 3.40. The van der Waals surface area contributed by atoms with Crippen molar-refractivity contribution >= 4 is 26.0 Å². The van der Waals surface area contributed by atoms with E-state index in [1.165, 1.54) is 20.6 Å². The first-order chi connectivity index (χ1) is 11.5. The third-order valence-corrected chi connectivity index (χ3v) is 8.10. The Morgan fingerprint density at radius 2 is 1.67 bits per heavy atom. The van der Waals surface area contributed by atoms with Gasteiger partial charge >= 0.3 is 0 Å². The van der Waals surface area contributed by atoms with E-state index in [0.717, 1.165) is 32.1 Å². The molecule has 1 aliphatic carbocycles. The van der Waals surface area contributed by atoms with Gasteiger partial charge in [0.1, 0.15) is 4.90 Å². The summed E-state index contributed by atoms with van der Waals surface area (Å²) in [5, 5.41) is 0. The minimum absolute atomic E-state index is 0.137. The molecule has 0 radical (unpaired) electrons. The molecule has 3 rings (SSSR count). The van der Waals surface area contributed by atoms with Crippen molar-refractivity contribution in [3.8, 4) is 11.5 Å². The van der Waals surface area contributed by atoms with Gasteiger partial charge in [-0.3, -0.25) is 0 Å². The molecule has 0 aromatic heterocycles. The Balaban J connectivity index is 2.00. The molecule has 2 aliphatic rings. The van der Waals surface area contributed by atoms with E-state index in [4.69, 9.17) is 9.47 Å². The van der Waals surface area contributed by atoms with Crippen LogP contribution in [0.5, 0.6) is 11.5 Å². The van der Waals surface area contributed by atoms with Crippen LogP contribution in [-0.2, 0) is 10.0 Å². The topological polar surface area (TPSA) is 55.8 Å². The third-order valence-electron chi connectivity index (χ3n) is 5.22. The van der Waals surface area contributed by atoms with Crippen LogP contribution in [0, 0.1) is 5.92 Å². The molecule has 1 heterocycles. The summed E-state index contributed by atoms with van der Waals surface area (Å²) in [5.74, 6) is 1.44. The molecule has 7 heteroatoms. The fourth-order valence-electron chi connectivity index (χ4n) is 4.04. The summed E-state index contributed by atoms with van der Waals surface area (Å²) in [5.41, 5.74) is 0. The second kappa shape index (κ2) is 7.22. The van der Waals surface area contributed by atoms with Crippen molar-refractivity contribution in [1.29, 1.82) is 0 Å². The number of piperidine rings is 1. The van der Waals surface area contributed by atoms with Gasteiger partial charge in [-0.2, -0.15) is 4.31 Å². The van der Waals surface area contributed by atoms with E-state index in [1.54, 1.807) is 16.4 Å². The Bertz CT molecular complexity index is 705. The fourth-order valence-corrected chi connectivity index (χ4v) is 6.79. The molecule has 1 aromatic rings. The summed E-state index contributed by atoms with van der Waals surface area (Å²) < 4.78 is 39.4. The number of rotatable bonds is 4. The largest absolute Gasteiger partial charge is 0.493 e. The number of benzene rings is 1. The molecule has 0 bridgehead atoms.